The molecule has 0 amide bonds. The lowest BCUT2D eigenvalue weighted by molar-refractivity contribution is 0.00279. The van der Waals surface area contributed by atoms with Crippen molar-refractivity contribution in [2.24, 2.45) is 5.92 Å². The van der Waals surface area contributed by atoms with Crippen LogP contribution >= 0.6 is 11.3 Å². The molecule has 1 aromatic heterocycles. The predicted molar refractivity (Wildman–Crippen MR) is 55.9 cm³/mol. The summed E-state index contributed by atoms with van der Waals surface area (Å²) in [6.45, 7) is 7.99. The Balaban J connectivity index is 2.99. The number of rotatable bonds is 3. The van der Waals surface area contributed by atoms with Gasteiger partial charge in [0.25, 0.3) is 0 Å². The fraction of sp³-hybridized carbons (Fsp3) is 0.700. The molecule has 0 spiro atoms. The molecule has 2 nitrogen and oxygen atoms in total. The van der Waals surface area contributed by atoms with Gasteiger partial charge in [-0.1, -0.05) is 20.3 Å². The largest absolute Gasteiger partial charge is 0.384 e. The first-order chi connectivity index (χ1) is 6.00. The molecule has 3 heteroatoms. The highest BCUT2D eigenvalue weighted by atomic mass is 32.1. The second-order valence-corrected chi connectivity index (χ2v) is 4.58. The Kier molecular flexibility index (Phi) is 3.09. The molecule has 1 N–H and O–H groups in total. The van der Waals surface area contributed by atoms with Gasteiger partial charge in [0, 0.05) is 0 Å². The van der Waals surface area contributed by atoms with Gasteiger partial charge in [0.15, 0.2) is 0 Å². The third kappa shape index (κ3) is 1.92. The fourth-order valence-corrected chi connectivity index (χ4v) is 2.39. The molecule has 1 aromatic rings. The van der Waals surface area contributed by atoms with Gasteiger partial charge in [-0.15, -0.1) is 11.3 Å². The van der Waals surface area contributed by atoms with E-state index in [1.54, 1.807) is 5.51 Å². The van der Waals surface area contributed by atoms with Gasteiger partial charge in [0.2, 0.25) is 0 Å². The van der Waals surface area contributed by atoms with Crippen molar-refractivity contribution >= 4 is 11.3 Å². The van der Waals surface area contributed by atoms with E-state index in [1.165, 1.54) is 11.3 Å². The molecular formula is C10H17NOS. The zero-order valence-electron chi connectivity index (χ0n) is 8.66. The van der Waals surface area contributed by atoms with Crippen molar-refractivity contribution in [1.29, 1.82) is 0 Å². The molecule has 0 aliphatic rings. The molecule has 0 bridgehead atoms. The van der Waals surface area contributed by atoms with E-state index in [0.29, 0.717) is 0 Å². The third-order valence-electron chi connectivity index (χ3n) is 2.78. The maximum Gasteiger partial charge on any atom is 0.100 e. The first-order valence-corrected chi connectivity index (χ1v) is 5.51. The van der Waals surface area contributed by atoms with Crippen LogP contribution in [0.15, 0.2) is 5.51 Å². The van der Waals surface area contributed by atoms with Gasteiger partial charge in [0.1, 0.15) is 5.60 Å². The van der Waals surface area contributed by atoms with Gasteiger partial charge in [0.05, 0.1) is 16.1 Å². The summed E-state index contributed by atoms with van der Waals surface area (Å²) in [6.07, 6.45) is 0.977. The minimum absolute atomic E-state index is 0.270. The lowest BCUT2D eigenvalue weighted by atomic mass is 9.87. The van der Waals surface area contributed by atoms with Crippen LogP contribution in [0, 0.1) is 12.8 Å². The number of aliphatic hydroxyl groups is 1. The summed E-state index contributed by atoms with van der Waals surface area (Å²) >= 11 is 1.54. The highest BCUT2D eigenvalue weighted by Crippen LogP contribution is 2.35. The van der Waals surface area contributed by atoms with Crippen LogP contribution in [-0.2, 0) is 5.60 Å². The molecule has 2 unspecified atom stereocenters. The molecule has 0 aliphatic heterocycles. The number of nitrogens with zero attached hydrogens (tertiary/aromatic N) is 1. The summed E-state index contributed by atoms with van der Waals surface area (Å²) in [7, 11) is 0. The van der Waals surface area contributed by atoms with Gasteiger partial charge in [-0.2, -0.15) is 0 Å². The van der Waals surface area contributed by atoms with Crippen LogP contribution in [0.1, 0.15) is 37.8 Å². The molecule has 1 heterocycles. The lowest BCUT2D eigenvalue weighted by Gasteiger charge is -2.28. The second kappa shape index (κ2) is 3.76. The van der Waals surface area contributed by atoms with Crippen molar-refractivity contribution in [3.63, 3.8) is 0 Å². The number of thiazole rings is 1. The standard InChI is InChI=1S/C10H17NOS/c1-5-7(2)10(4,12)9-8(3)11-6-13-9/h6-7,12H,5H2,1-4H3. The third-order valence-corrected chi connectivity index (χ3v) is 3.93. The highest BCUT2D eigenvalue weighted by Gasteiger charge is 2.32. The molecule has 0 aliphatic carbocycles. The van der Waals surface area contributed by atoms with Gasteiger partial charge >= 0.3 is 0 Å². The number of aryl methyl sites for hydroxylation is 1. The van der Waals surface area contributed by atoms with Gasteiger partial charge in [-0.05, 0) is 19.8 Å². The minimum atomic E-state index is -0.722. The first-order valence-electron chi connectivity index (χ1n) is 4.63. The summed E-state index contributed by atoms with van der Waals surface area (Å²) in [4.78, 5) is 5.16. The second-order valence-electron chi connectivity index (χ2n) is 3.72. The van der Waals surface area contributed by atoms with Crippen LogP contribution in [0.3, 0.4) is 0 Å². The average molecular weight is 199 g/mol. The normalized spacial score (nSPS) is 18.2. The molecule has 74 valence electrons. The van der Waals surface area contributed by atoms with E-state index in [9.17, 15) is 5.11 Å². The van der Waals surface area contributed by atoms with E-state index in [-0.39, 0.29) is 5.92 Å². The summed E-state index contributed by atoms with van der Waals surface area (Å²) in [5.41, 5.74) is 2.02. The molecule has 0 saturated heterocycles. The van der Waals surface area contributed by atoms with Crippen molar-refractivity contribution < 1.29 is 5.11 Å². The molecule has 2 atom stereocenters. The van der Waals surface area contributed by atoms with E-state index < -0.39 is 5.60 Å². The predicted octanol–water partition coefficient (Wildman–Crippen LogP) is 2.71. The van der Waals surface area contributed by atoms with Crippen LogP contribution in [0.4, 0.5) is 0 Å². The molecule has 13 heavy (non-hydrogen) atoms. The van der Waals surface area contributed by atoms with E-state index in [0.717, 1.165) is 17.0 Å². The van der Waals surface area contributed by atoms with E-state index >= 15 is 0 Å². The Morgan fingerprint density at radius 1 is 1.69 bits per heavy atom. The summed E-state index contributed by atoms with van der Waals surface area (Å²) in [6, 6.07) is 0. The Labute approximate surface area is 83.6 Å². The molecular weight excluding hydrogens is 182 g/mol. The SMILES string of the molecule is CCC(C)C(C)(O)c1scnc1C. The average Bonchev–Trinajstić information content (AvgIpc) is 2.50. The zero-order chi connectivity index (χ0) is 10.1. The number of hydrogen-bond donors (Lipinski definition) is 1. The van der Waals surface area contributed by atoms with Crippen molar-refractivity contribution in [3.05, 3.63) is 16.1 Å². The van der Waals surface area contributed by atoms with E-state index in [2.05, 4.69) is 18.8 Å². The number of aromatic nitrogens is 1. The molecule has 0 radical (unpaired) electrons. The van der Waals surface area contributed by atoms with Crippen LogP contribution in [0.5, 0.6) is 0 Å². The molecule has 1 rings (SSSR count). The summed E-state index contributed by atoms with van der Waals surface area (Å²) in [5.74, 6) is 0.270. The smallest absolute Gasteiger partial charge is 0.100 e. The van der Waals surface area contributed by atoms with Crippen molar-refractivity contribution in [2.75, 3.05) is 0 Å². The van der Waals surface area contributed by atoms with E-state index in [1.807, 2.05) is 13.8 Å². The van der Waals surface area contributed by atoms with Crippen molar-refractivity contribution in [3.8, 4) is 0 Å². The van der Waals surface area contributed by atoms with Crippen LogP contribution in [0.2, 0.25) is 0 Å². The summed E-state index contributed by atoms with van der Waals surface area (Å²) in [5, 5.41) is 10.3. The topological polar surface area (TPSA) is 33.1 Å². The number of hydrogen-bond acceptors (Lipinski definition) is 3. The highest BCUT2D eigenvalue weighted by molar-refractivity contribution is 7.09. The fourth-order valence-electron chi connectivity index (χ4n) is 1.41. The first kappa shape index (κ1) is 10.7. The quantitative estimate of drug-likeness (QED) is 0.812. The van der Waals surface area contributed by atoms with Crippen LogP contribution < -0.4 is 0 Å². The monoisotopic (exact) mass is 199 g/mol. The Morgan fingerprint density at radius 3 is 2.69 bits per heavy atom. The lowest BCUT2D eigenvalue weighted by Crippen LogP contribution is -2.29. The Morgan fingerprint density at radius 2 is 2.31 bits per heavy atom. The maximum atomic E-state index is 10.3. The molecule has 0 aromatic carbocycles. The molecule has 0 fully saturated rings. The summed E-state index contributed by atoms with van der Waals surface area (Å²) < 4.78 is 0. The zero-order valence-corrected chi connectivity index (χ0v) is 9.48. The van der Waals surface area contributed by atoms with E-state index in [4.69, 9.17) is 0 Å². The maximum absolute atomic E-state index is 10.3. The van der Waals surface area contributed by atoms with Crippen molar-refractivity contribution in [1.82, 2.24) is 4.98 Å². The van der Waals surface area contributed by atoms with Crippen LogP contribution in [-0.4, -0.2) is 10.1 Å². The Hall–Kier alpha value is -0.410. The van der Waals surface area contributed by atoms with Crippen LogP contribution in [0.25, 0.3) is 0 Å². The van der Waals surface area contributed by atoms with Crippen molar-refractivity contribution in [2.45, 2.75) is 39.7 Å². The van der Waals surface area contributed by atoms with Gasteiger partial charge in [-0.25, -0.2) is 4.98 Å². The minimum Gasteiger partial charge on any atom is -0.384 e. The molecule has 0 saturated carbocycles. The van der Waals surface area contributed by atoms with Gasteiger partial charge in [-0.3, -0.25) is 0 Å². The van der Waals surface area contributed by atoms with Gasteiger partial charge < -0.3 is 5.11 Å². The Bertz CT molecular complexity index is 280.